The van der Waals surface area contributed by atoms with Gasteiger partial charge < -0.3 is 4.74 Å². The van der Waals surface area contributed by atoms with Crippen molar-refractivity contribution in [3.05, 3.63) is 16.9 Å². The summed E-state index contributed by atoms with van der Waals surface area (Å²) in [5.74, 6) is 0.642. The van der Waals surface area contributed by atoms with Gasteiger partial charge in [0.25, 0.3) is 0 Å². The lowest BCUT2D eigenvalue weighted by atomic mass is 10.3. The van der Waals surface area contributed by atoms with E-state index in [0.29, 0.717) is 6.42 Å². The van der Waals surface area contributed by atoms with Crippen molar-refractivity contribution in [3.8, 4) is 0 Å². The predicted molar refractivity (Wildman–Crippen MR) is 61.7 cm³/mol. The quantitative estimate of drug-likeness (QED) is 0.360. The van der Waals surface area contributed by atoms with Crippen LogP contribution in [0.25, 0.3) is 0 Å². The molecule has 0 saturated carbocycles. The molecule has 4 nitrogen and oxygen atoms in total. The van der Waals surface area contributed by atoms with Gasteiger partial charge in [-0.1, -0.05) is 11.8 Å². The molecule has 0 atom stereocenters. The summed E-state index contributed by atoms with van der Waals surface area (Å²) in [5.41, 5.74) is 0. The van der Waals surface area contributed by atoms with Gasteiger partial charge in [-0.2, -0.15) is 0 Å². The number of halogens is 1. The Morgan fingerprint density at radius 3 is 2.80 bits per heavy atom. The van der Waals surface area contributed by atoms with E-state index in [9.17, 15) is 4.79 Å². The standard InChI is InChI=1S/C9H11BrN2O2S/c1-14-8(13)3-2-4-15-9-11-5-7(10)6-12-9/h5-6H,2-4H2,1H3. The molecule has 0 fully saturated rings. The summed E-state index contributed by atoms with van der Waals surface area (Å²) in [7, 11) is 1.40. The molecule has 1 rings (SSSR count). The largest absolute Gasteiger partial charge is 0.469 e. The molecule has 1 aromatic heterocycles. The van der Waals surface area contributed by atoms with Crippen molar-refractivity contribution in [1.82, 2.24) is 9.97 Å². The number of rotatable bonds is 5. The molecule has 1 heterocycles. The van der Waals surface area contributed by atoms with Crippen molar-refractivity contribution in [2.24, 2.45) is 0 Å². The van der Waals surface area contributed by atoms with Crippen molar-refractivity contribution in [2.45, 2.75) is 18.0 Å². The minimum absolute atomic E-state index is 0.174. The Morgan fingerprint density at radius 1 is 1.53 bits per heavy atom. The van der Waals surface area contributed by atoms with E-state index in [4.69, 9.17) is 0 Å². The molecule has 0 bridgehead atoms. The molecule has 0 aliphatic carbocycles. The fourth-order valence-electron chi connectivity index (χ4n) is 0.857. The Balaban J connectivity index is 2.20. The minimum atomic E-state index is -0.174. The van der Waals surface area contributed by atoms with Crippen LogP contribution in [0.3, 0.4) is 0 Å². The first-order valence-electron chi connectivity index (χ1n) is 4.39. The highest BCUT2D eigenvalue weighted by Gasteiger charge is 2.01. The van der Waals surface area contributed by atoms with E-state index in [0.717, 1.165) is 21.8 Å². The van der Waals surface area contributed by atoms with Gasteiger partial charge in [0.15, 0.2) is 5.16 Å². The molecular weight excluding hydrogens is 280 g/mol. The molecule has 0 aliphatic heterocycles. The number of nitrogens with zero attached hydrogens (tertiary/aromatic N) is 2. The Labute approximate surface area is 101 Å². The Morgan fingerprint density at radius 2 is 2.20 bits per heavy atom. The number of hydrogen-bond acceptors (Lipinski definition) is 5. The van der Waals surface area contributed by atoms with Crippen molar-refractivity contribution in [2.75, 3.05) is 12.9 Å². The van der Waals surface area contributed by atoms with Gasteiger partial charge in [-0.25, -0.2) is 9.97 Å². The maximum atomic E-state index is 10.8. The minimum Gasteiger partial charge on any atom is -0.469 e. The van der Waals surface area contributed by atoms with Crippen molar-refractivity contribution >= 4 is 33.7 Å². The van der Waals surface area contributed by atoms with E-state index in [2.05, 4.69) is 30.6 Å². The summed E-state index contributed by atoms with van der Waals surface area (Å²) in [6.07, 6.45) is 4.63. The zero-order valence-electron chi connectivity index (χ0n) is 8.27. The van der Waals surface area contributed by atoms with Gasteiger partial charge in [0.1, 0.15) is 0 Å². The molecule has 0 radical (unpaired) electrons. The van der Waals surface area contributed by atoms with Crippen LogP contribution in [0, 0.1) is 0 Å². The van der Waals surface area contributed by atoms with Gasteiger partial charge in [-0.05, 0) is 22.4 Å². The second kappa shape index (κ2) is 6.79. The average Bonchev–Trinajstić information content (AvgIpc) is 2.26. The molecule has 0 amide bonds. The van der Waals surface area contributed by atoms with Crippen LogP contribution < -0.4 is 0 Å². The summed E-state index contributed by atoms with van der Waals surface area (Å²) in [6, 6.07) is 0. The van der Waals surface area contributed by atoms with E-state index in [1.807, 2.05) is 0 Å². The highest BCUT2D eigenvalue weighted by atomic mass is 79.9. The van der Waals surface area contributed by atoms with E-state index >= 15 is 0 Å². The molecule has 15 heavy (non-hydrogen) atoms. The Hall–Kier alpha value is -0.620. The number of carbonyl (C=O) groups excluding carboxylic acids is 1. The third kappa shape index (κ3) is 5.13. The third-order valence-corrected chi connectivity index (χ3v) is 2.95. The number of carbonyl (C=O) groups is 1. The van der Waals surface area contributed by atoms with Crippen molar-refractivity contribution < 1.29 is 9.53 Å². The molecule has 0 saturated heterocycles. The van der Waals surface area contributed by atoms with Crippen LogP contribution in [0.1, 0.15) is 12.8 Å². The molecule has 82 valence electrons. The molecule has 0 spiro atoms. The monoisotopic (exact) mass is 290 g/mol. The maximum Gasteiger partial charge on any atom is 0.305 e. The summed E-state index contributed by atoms with van der Waals surface area (Å²) in [4.78, 5) is 19.0. The van der Waals surface area contributed by atoms with Gasteiger partial charge >= 0.3 is 5.97 Å². The molecule has 1 aromatic rings. The van der Waals surface area contributed by atoms with Gasteiger partial charge in [0, 0.05) is 24.6 Å². The summed E-state index contributed by atoms with van der Waals surface area (Å²) in [5, 5.41) is 0.725. The van der Waals surface area contributed by atoms with Crippen LogP contribution in [0.15, 0.2) is 22.0 Å². The molecule has 6 heteroatoms. The maximum absolute atomic E-state index is 10.8. The second-order valence-corrected chi connectivity index (χ2v) is 4.69. The van der Waals surface area contributed by atoms with Gasteiger partial charge in [0.2, 0.25) is 0 Å². The fourth-order valence-corrected chi connectivity index (χ4v) is 1.79. The Kier molecular flexibility index (Phi) is 5.63. The summed E-state index contributed by atoms with van der Waals surface area (Å²) in [6.45, 7) is 0. The molecule has 0 aliphatic rings. The third-order valence-electron chi connectivity index (χ3n) is 1.58. The summed E-state index contributed by atoms with van der Waals surface area (Å²) >= 11 is 4.79. The lowest BCUT2D eigenvalue weighted by Gasteiger charge is -1.99. The lowest BCUT2D eigenvalue weighted by Crippen LogP contribution is -2.00. The van der Waals surface area contributed by atoms with Gasteiger partial charge in [0.05, 0.1) is 11.6 Å². The first kappa shape index (κ1) is 12.4. The zero-order valence-corrected chi connectivity index (χ0v) is 10.7. The van der Waals surface area contributed by atoms with Crippen LogP contribution in [-0.2, 0) is 9.53 Å². The first-order valence-corrected chi connectivity index (χ1v) is 6.17. The molecule has 0 N–H and O–H groups in total. The van der Waals surface area contributed by atoms with E-state index in [-0.39, 0.29) is 5.97 Å². The Bertz CT molecular complexity index is 318. The number of aromatic nitrogens is 2. The number of ether oxygens (including phenoxy) is 1. The van der Waals surface area contributed by atoms with Crippen LogP contribution >= 0.6 is 27.7 Å². The smallest absolute Gasteiger partial charge is 0.305 e. The first-order chi connectivity index (χ1) is 7.22. The predicted octanol–water partition coefficient (Wildman–Crippen LogP) is 2.28. The second-order valence-electron chi connectivity index (χ2n) is 2.71. The van der Waals surface area contributed by atoms with E-state index in [1.165, 1.54) is 18.9 Å². The number of esters is 1. The van der Waals surface area contributed by atoms with E-state index < -0.39 is 0 Å². The molecule has 0 aromatic carbocycles. The number of methoxy groups -OCH3 is 1. The van der Waals surface area contributed by atoms with Crippen molar-refractivity contribution in [1.29, 1.82) is 0 Å². The fraction of sp³-hybridized carbons (Fsp3) is 0.444. The van der Waals surface area contributed by atoms with Crippen LogP contribution in [0.5, 0.6) is 0 Å². The number of hydrogen-bond donors (Lipinski definition) is 0. The van der Waals surface area contributed by atoms with Crippen molar-refractivity contribution in [3.63, 3.8) is 0 Å². The van der Waals surface area contributed by atoms with Gasteiger partial charge in [-0.15, -0.1) is 0 Å². The normalized spacial score (nSPS) is 10.0. The SMILES string of the molecule is COC(=O)CCCSc1ncc(Br)cn1. The summed E-state index contributed by atoms with van der Waals surface area (Å²) < 4.78 is 5.39. The van der Waals surface area contributed by atoms with Crippen LogP contribution in [-0.4, -0.2) is 28.8 Å². The zero-order chi connectivity index (χ0) is 11.1. The molecular formula is C9H11BrN2O2S. The highest BCUT2D eigenvalue weighted by molar-refractivity contribution is 9.10. The van der Waals surface area contributed by atoms with E-state index in [1.54, 1.807) is 12.4 Å². The topological polar surface area (TPSA) is 52.1 Å². The van der Waals surface area contributed by atoms with Crippen LogP contribution in [0.4, 0.5) is 0 Å². The average molecular weight is 291 g/mol. The highest BCUT2D eigenvalue weighted by Crippen LogP contribution is 2.15. The molecule has 0 unspecified atom stereocenters. The number of thioether (sulfide) groups is 1. The lowest BCUT2D eigenvalue weighted by molar-refractivity contribution is -0.140. The van der Waals surface area contributed by atoms with Crippen LogP contribution in [0.2, 0.25) is 0 Å². The van der Waals surface area contributed by atoms with Gasteiger partial charge in [-0.3, -0.25) is 4.79 Å².